The first kappa shape index (κ1) is 16.7. The van der Waals surface area contributed by atoms with Crippen LogP contribution < -0.4 is 5.32 Å². The molecule has 4 nitrogen and oxygen atoms in total. The third-order valence-electron chi connectivity index (χ3n) is 3.68. The predicted octanol–water partition coefficient (Wildman–Crippen LogP) is 5.49. The van der Waals surface area contributed by atoms with Crippen molar-refractivity contribution in [2.45, 2.75) is 0 Å². The van der Waals surface area contributed by atoms with Crippen molar-refractivity contribution in [3.05, 3.63) is 82.4 Å². The molecule has 1 amide bonds. The quantitative estimate of drug-likeness (QED) is 0.611. The number of halogens is 1. The average molecular weight is 381 g/mol. The van der Waals surface area contributed by atoms with E-state index in [0.717, 1.165) is 11.3 Å². The average Bonchev–Trinajstić information content (AvgIpc) is 3.25. The van der Waals surface area contributed by atoms with E-state index in [1.165, 1.54) is 11.8 Å². The Morgan fingerprint density at radius 1 is 1.00 bits per heavy atom. The molecule has 128 valence electrons. The molecule has 4 rings (SSSR count). The number of benzene rings is 2. The normalized spacial score (nSPS) is 17.0. The molecule has 1 saturated heterocycles. The van der Waals surface area contributed by atoms with Crippen molar-refractivity contribution in [1.82, 2.24) is 5.32 Å². The van der Waals surface area contributed by atoms with Gasteiger partial charge in [-0.2, -0.15) is 0 Å². The molecule has 0 radical (unpaired) electrons. The van der Waals surface area contributed by atoms with E-state index in [9.17, 15) is 4.79 Å². The van der Waals surface area contributed by atoms with Crippen LogP contribution in [0.1, 0.15) is 5.76 Å². The molecular weight excluding hydrogens is 368 g/mol. The molecular formula is C20H13ClN2O2S. The van der Waals surface area contributed by atoms with Crippen molar-refractivity contribution in [2.24, 2.45) is 4.99 Å². The molecule has 1 fully saturated rings. The van der Waals surface area contributed by atoms with Crippen LogP contribution in [0.15, 0.2) is 81.0 Å². The van der Waals surface area contributed by atoms with E-state index in [2.05, 4.69) is 10.3 Å². The molecule has 0 unspecified atom stereocenters. The number of thioether (sulfide) groups is 1. The smallest absolute Gasteiger partial charge is 0.264 e. The Morgan fingerprint density at radius 2 is 1.77 bits per heavy atom. The van der Waals surface area contributed by atoms with Crippen LogP contribution in [0.4, 0.5) is 5.69 Å². The Hall–Kier alpha value is -2.76. The summed E-state index contributed by atoms with van der Waals surface area (Å²) < 4.78 is 5.82. The second kappa shape index (κ2) is 7.23. The zero-order chi connectivity index (χ0) is 17.9. The van der Waals surface area contributed by atoms with Gasteiger partial charge in [0.15, 0.2) is 5.17 Å². The number of carbonyl (C=O) groups is 1. The van der Waals surface area contributed by atoms with Crippen LogP contribution in [0.25, 0.3) is 17.4 Å². The molecule has 0 aliphatic carbocycles. The molecule has 3 aromatic rings. The molecule has 26 heavy (non-hydrogen) atoms. The number of aliphatic imine (C=N–C) groups is 1. The van der Waals surface area contributed by atoms with Crippen LogP contribution in [-0.4, -0.2) is 11.1 Å². The Labute approximate surface area is 159 Å². The van der Waals surface area contributed by atoms with Crippen molar-refractivity contribution < 1.29 is 9.21 Å². The summed E-state index contributed by atoms with van der Waals surface area (Å²) in [7, 11) is 0. The van der Waals surface area contributed by atoms with E-state index in [1.54, 1.807) is 18.2 Å². The Bertz CT molecular complexity index is 1030. The van der Waals surface area contributed by atoms with Gasteiger partial charge in [0.1, 0.15) is 11.5 Å². The molecule has 6 heteroatoms. The van der Waals surface area contributed by atoms with Gasteiger partial charge in [-0.25, -0.2) is 4.99 Å². The van der Waals surface area contributed by atoms with Crippen molar-refractivity contribution >= 4 is 46.2 Å². The third-order valence-corrected chi connectivity index (χ3v) is 4.91. The van der Waals surface area contributed by atoms with Gasteiger partial charge < -0.3 is 9.73 Å². The predicted molar refractivity (Wildman–Crippen MR) is 106 cm³/mol. The van der Waals surface area contributed by atoms with Crippen LogP contribution in [0.5, 0.6) is 0 Å². The highest BCUT2D eigenvalue weighted by Crippen LogP contribution is 2.31. The second-order valence-electron chi connectivity index (χ2n) is 5.50. The summed E-state index contributed by atoms with van der Waals surface area (Å²) in [6.07, 6.45) is 1.71. The Kier molecular flexibility index (Phi) is 4.65. The summed E-state index contributed by atoms with van der Waals surface area (Å²) in [4.78, 5) is 17.1. The number of nitrogens with zero attached hydrogens (tertiary/aromatic N) is 1. The lowest BCUT2D eigenvalue weighted by Crippen LogP contribution is -2.19. The number of para-hydroxylation sites is 1. The summed E-state index contributed by atoms with van der Waals surface area (Å²) in [5.41, 5.74) is 1.60. The fraction of sp³-hybridized carbons (Fsp3) is 0. The number of hydrogen-bond acceptors (Lipinski definition) is 4. The van der Waals surface area contributed by atoms with Gasteiger partial charge in [-0.15, -0.1) is 0 Å². The van der Waals surface area contributed by atoms with Crippen LogP contribution in [0.3, 0.4) is 0 Å². The second-order valence-corrected chi connectivity index (χ2v) is 6.94. The van der Waals surface area contributed by atoms with Gasteiger partial charge >= 0.3 is 0 Å². The maximum absolute atomic E-state index is 12.2. The maximum atomic E-state index is 12.2. The number of furan rings is 1. The van der Waals surface area contributed by atoms with Gasteiger partial charge in [0.2, 0.25) is 0 Å². The molecule has 1 aromatic heterocycles. The van der Waals surface area contributed by atoms with Gasteiger partial charge in [0.05, 0.1) is 15.6 Å². The monoisotopic (exact) mass is 380 g/mol. The number of nitrogens with one attached hydrogen (secondary N) is 1. The van der Waals surface area contributed by atoms with Crippen molar-refractivity contribution in [3.8, 4) is 11.3 Å². The summed E-state index contributed by atoms with van der Waals surface area (Å²) >= 11 is 7.36. The first-order valence-corrected chi connectivity index (χ1v) is 9.08. The summed E-state index contributed by atoms with van der Waals surface area (Å²) in [6, 6.07) is 20.8. The molecule has 0 spiro atoms. The molecule has 2 aromatic carbocycles. The first-order chi connectivity index (χ1) is 12.7. The minimum atomic E-state index is -0.210. The van der Waals surface area contributed by atoms with Gasteiger partial charge in [0, 0.05) is 11.6 Å². The van der Waals surface area contributed by atoms with Crippen molar-refractivity contribution in [2.75, 3.05) is 0 Å². The highest BCUT2D eigenvalue weighted by atomic mass is 35.5. The van der Waals surface area contributed by atoms with Gasteiger partial charge in [-0.1, -0.05) is 54.1 Å². The van der Waals surface area contributed by atoms with E-state index < -0.39 is 0 Å². The number of amidine groups is 1. The molecule has 1 N–H and O–H groups in total. The van der Waals surface area contributed by atoms with Crippen molar-refractivity contribution in [1.29, 1.82) is 0 Å². The molecule has 0 atom stereocenters. The lowest BCUT2D eigenvalue weighted by molar-refractivity contribution is -0.115. The zero-order valence-electron chi connectivity index (χ0n) is 13.5. The third kappa shape index (κ3) is 3.59. The van der Waals surface area contributed by atoms with E-state index >= 15 is 0 Å². The standard InChI is InChI=1S/C20H13ClN2O2S/c21-15-8-4-5-9-16(15)22-20-23-19(24)18(26-20)12-14-10-11-17(25-14)13-6-2-1-3-7-13/h1-12H,(H,22,23,24)/b18-12+. The summed E-state index contributed by atoms with van der Waals surface area (Å²) in [5, 5.41) is 3.77. The number of amides is 1. The lowest BCUT2D eigenvalue weighted by Gasteiger charge is -1.98. The SMILES string of the molecule is O=C1NC(=Nc2ccccc2Cl)S/C1=C/c1ccc(-c2ccccc2)o1. The van der Waals surface area contributed by atoms with E-state index in [0.29, 0.717) is 26.5 Å². The largest absolute Gasteiger partial charge is 0.457 e. The minimum Gasteiger partial charge on any atom is -0.457 e. The number of carbonyl (C=O) groups excluding carboxylic acids is 1. The minimum absolute atomic E-state index is 0.210. The summed E-state index contributed by atoms with van der Waals surface area (Å²) in [6.45, 7) is 0. The van der Waals surface area contributed by atoms with E-state index in [4.69, 9.17) is 16.0 Å². The lowest BCUT2D eigenvalue weighted by atomic mass is 10.2. The van der Waals surface area contributed by atoms with Crippen LogP contribution in [0, 0.1) is 0 Å². The van der Waals surface area contributed by atoms with Crippen molar-refractivity contribution in [3.63, 3.8) is 0 Å². The molecule has 1 aliphatic rings. The van der Waals surface area contributed by atoms with E-state index in [-0.39, 0.29) is 5.91 Å². The Morgan fingerprint density at radius 3 is 2.58 bits per heavy atom. The molecule has 2 heterocycles. The number of rotatable bonds is 3. The van der Waals surface area contributed by atoms with Gasteiger partial charge in [-0.3, -0.25) is 4.79 Å². The highest BCUT2D eigenvalue weighted by molar-refractivity contribution is 8.18. The maximum Gasteiger partial charge on any atom is 0.264 e. The highest BCUT2D eigenvalue weighted by Gasteiger charge is 2.24. The fourth-order valence-electron chi connectivity index (χ4n) is 2.45. The zero-order valence-corrected chi connectivity index (χ0v) is 15.1. The molecule has 0 bridgehead atoms. The molecule has 0 saturated carbocycles. The van der Waals surface area contributed by atoms with Crippen LogP contribution >= 0.6 is 23.4 Å². The van der Waals surface area contributed by atoms with Gasteiger partial charge in [0.25, 0.3) is 5.91 Å². The molecule has 1 aliphatic heterocycles. The van der Waals surface area contributed by atoms with Gasteiger partial charge in [-0.05, 0) is 36.0 Å². The summed E-state index contributed by atoms with van der Waals surface area (Å²) in [5.74, 6) is 1.16. The topological polar surface area (TPSA) is 54.6 Å². The Balaban J connectivity index is 1.56. The van der Waals surface area contributed by atoms with E-state index in [1.807, 2.05) is 54.6 Å². The number of hydrogen-bond donors (Lipinski definition) is 1. The van der Waals surface area contributed by atoms with Crippen LogP contribution in [0.2, 0.25) is 5.02 Å². The van der Waals surface area contributed by atoms with Crippen LogP contribution in [-0.2, 0) is 4.79 Å². The first-order valence-electron chi connectivity index (χ1n) is 7.88. The fourth-order valence-corrected chi connectivity index (χ4v) is 3.44.